The van der Waals surface area contributed by atoms with Crippen molar-refractivity contribution in [1.29, 1.82) is 0 Å². The Morgan fingerprint density at radius 2 is 1.78 bits per heavy atom. The quantitative estimate of drug-likeness (QED) is 0.195. The van der Waals surface area contributed by atoms with Crippen molar-refractivity contribution in [3.05, 3.63) is 47.7 Å². The van der Waals surface area contributed by atoms with Gasteiger partial charge in [-0.05, 0) is 42.4 Å². The van der Waals surface area contributed by atoms with Gasteiger partial charge in [0.1, 0.15) is 11.5 Å². The van der Waals surface area contributed by atoms with Gasteiger partial charge in [0, 0.05) is 19.2 Å². The third-order valence-electron chi connectivity index (χ3n) is 3.80. The molecule has 1 radical (unpaired) electrons. The minimum Gasteiger partial charge on any atom is -0.741 e. The molecule has 1 aromatic carbocycles. The molecule has 0 spiro atoms. The number of halogens is 3. The smallest absolute Gasteiger partial charge is 0.741 e. The summed E-state index contributed by atoms with van der Waals surface area (Å²) in [5, 5.41) is 8.67. The second kappa shape index (κ2) is 12.5. The van der Waals surface area contributed by atoms with Crippen molar-refractivity contribution in [2.75, 3.05) is 13.6 Å². The molecule has 13 heteroatoms. The van der Waals surface area contributed by atoms with Gasteiger partial charge in [0.15, 0.2) is 0 Å². The molecule has 1 heterocycles. The molecule has 0 saturated carbocycles. The van der Waals surface area contributed by atoms with Crippen LogP contribution in [0.5, 0.6) is 0 Å². The van der Waals surface area contributed by atoms with Gasteiger partial charge < -0.3 is 29.7 Å². The SMILES string of the molecule is CCN=C([S-])N/N=C(C)/C(=N/NC([S-])=NC)c1ccoc1-c1cccc(C(F)(F)F)c1.[Cu+2]. The standard InChI is InChI=1S/C19H21F3N6OS2.Cu/c1-4-24-18(31)28-25-11(2)15(26-27-17(30)23-3)14-8-9-29-16(14)12-6-5-7-13(10-12)19(20,21)22;/h5-10H,4H2,1-3H3,(H2,23,27,30)(H2,24,28,31);/q;+2/p-2/b25-11+,26-15-;. The van der Waals surface area contributed by atoms with Crippen LogP contribution < -0.4 is 10.9 Å². The summed E-state index contributed by atoms with van der Waals surface area (Å²) in [7, 11) is 1.49. The van der Waals surface area contributed by atoms with Gasteiger partial charge in [-0.15, -0.1) is 0 Å². The molecule has 0 unspecified atom stereocenters. The molecule has 0 aliphatic heterocycles. The van der Waals surface area contributed by atoms with E-state index in [-0.39, 0.29) is 44.4 Å². The van der Waals surface area contributed by atoms with Gasteiger partial charge in [-0.2, -0.15) is 23.4 Å². The predicted octanol–water partition coefficient (Wildman–Crippen LogP) is 3.68. The summed E-state index contributed by atoms with van der Waals surface area (Å²) in [5.74, 6) is 0.182. The van der Waals surface area contributed by atoms with Crippen LogP contribution in [-0.4, -0.2) is 35.4 Å². The number of nitrogens with zero attached hydrogens (tertiary/aromatic N) is 4. The van der Waals surface area contributed by atoms with E-state index in [2.05, 4.69) is 31.0 Å². The van der Waals surface area contributed by atoms with E-state index < -0.39 is 11.7 Å². The molecule has 0 aliphatic rings. The van der Waals surface area contributed by atoms with Crippen LogP contribution in [0.4, 0.5) is 13.2 Å². The largest absolute Gasteiger partial charge is 2.00 e. The van der Waals surface area contributed by atoms with Gasteiger partial charge in [-0.3, -0.25) is 20.8 Å². The van der Waals surface area contributed by atoms with Crippen LogP contribution in [0, 0.1) is 0 Å². The maximum absolute atomic E-state index is 13.1. The zero-order chi connectivity index (χ0) is 23.0. The van der Waals surface area contributed by atoms with Gasteiger partial charge >= 0.3 is 23.2 Å². The Kier molecular flexibility index (Phi) is 10.8. The Hall–Kier alpha value is -2.47. The third kappa shape index (κ3) is 7.59. The fraction of sp³-hybridized carbons (Fsp3) is 0.263. The first-order valence-corrected chi connectivity index (χ1v) is 9.74. The number of aliphatic imine (C=N–C) groups is 2. The summed E-state index contributed by atoms with van der Waals surface area (Å²) in [6, 6.07) is 6.36. The summed E-state index contributed by atoms with van der Waals surface area (Å²) in [5.41, 5.74) is 5.66. The van der Waals surface area contributed by atoms with Crippen LogP contribution >= 0.6 is 0 Å². The molecule has 2 aromatic rings. The van der Waals surface area contributed by atoms with E-state index in [9.17, 15) is 13.2 Å². The second-order valence-electron chi connectivity index (χ2n) is 5.93. The minimum absolute atomic E-state index is 0. The Morgan fingerprint density at radius 3 is 2.41 bits per heavy atom. The van der Waals surface area contributed by atoms with Crippen LogP contribution in [0.1, 0.15) is 25.0 Å². The molecule has 1 aromatic heterocycles. The van der Waals surface area contributed by atoms with E-state index in [1.54, 1.807) is 13.0 Å². The van der Waals surface area contributed by atoms with Crippen molar-refractivity contribution in [2.45, 2.75) is 20.0 Å². The summed E-state index contributed by atoms with van der Waals surface area (Å²) >= 11 is 10.0. The Labute approximate surface area is 205 Å². The van der Waals surface area contributed by atoms with Gasteiger partial charge in [-0.25, -0.2) is 0 Å². The van der Waals surface area contributed by atoms with Crippen molar-refractivity contribution in [3.8, 4) is 11.3 Å². The minimum atomic E-state index is -4.49. The summed E-state index contributed by atoms with van der Waals surface area (Å²) in [6.45, 7) is 3.94. The maximum atomic E-state index is 13.1. The Balaban J connectivity index is 0.00000512. The van der Waals surface area contributed by atoms with Crippen LogP contribution in [0.25, 0.3) is 11.3 Å². The average Bonchev–Trinajstić information content (AvgIpc) is 3.21. The first-order chi connectivity index (χ1) is 14.7. The van der Waals surface area contributed by atoms with E-state index in [4.69, 9.17) is 29.7 Å². The molecule has 175 valence electrons. The number of hydrogen-bond donors (Lipinski definition) is 2. The first kappa shape index (κ1) is 27.6. The monoisotopic (exact) mass is 531 g/mol. The molecule has 32 heavy (non-hydrogen) atoms. The number of furan rings is 1. The topological polar surface area (TPSA) is 86.6 Å². The van der Waals surface area contributed by atoms with Gasteiger partial charge in [0.25, 0.3) is 0 Å². The normalized spacial score (nSPS) is 13.6. The molecule has 0 amide bonds. The summed E-state index contributed by atoms with van der Waals surface area (Å²) < 4.78 is 44.9. The van der Waals surface area contributed by atoms with Crippen LogP contribution in [0.3, 0.4) is 0 Å². The van der Waals surface area contributed by atoms with E-state index in [0.29, 0.717) is 17.8 Å². The first-order valence-electron chi connectivity index (χ1n) is 8.92. The fourth-order valence-electron chi connectivity index (χ4n) is 2.41. The molecule has 0 fully saturated rings. The number of nitrogens with one attached hydrogen (secondary N) is 2. The van der Waals surface area contributed by atoms with Gasteiger partial charge in [0.05, 0.1) is 23.1 Å². The van der Waals surface area contributed by atoms with E-state index in [0.717, 1.165) is 12.1 Å². The van der Waals surface area contributed by atoms with E-state index in [1.807, 2.05) is 6.92 Å². The summed E-state index contributed by atoms with van der Waals surface area (Å²) in [6.07, 6.45) is -3.14. The molecule has 2 rings (SSSR count). The summed E-state index contributed by atoms with van der Waals surface area (Å²) in [4.78, 5) is 7.79. The van der Waals surface area contributed by atoms with Crippen molar-refractivity contribution in [2.24, 2.45) is 20.2 Å². The van der Waals surface area contributed by atoms with Crippen molar-refractivity contribution in [3.63, 3.8) is 0 Å². The zero-order valence-electron chi connectivity index (χ0n) is 17.1. The van der Waals surface area contributed by atoms with E-state index >= 15 is 0 Å². The van der Waals surface area contributed by atoms with E-state index in [1.165, 1.54) is 25.4 Å². The molecule has 0 atom stereocenters. The van der Waals surface area contributed by atoms with Gasteiger partial charge in [-0.1, -0.05) is 12.1 Å². The number of hydrogen-bond acceptors (Lipinski definition) is 7. The van der Waals surface area contributed by atoms with Crippen molar-refractivity contribution < 1.29 is 34.7 Å². The van der Waals surface area contributed by atoms with Crippen LogP contribution in [-0.2, 0) is 48.5 Å². The number of benzene rings is 1. The molecule has 0 aliphatic carbocycles. The maximum Gasteiger partial charge on any atom is 2.00 e. The molecule has 0 bridgehead atoms. The Morgan fingerprint density at radius 1 is 1.09 bits per heavy atom. The average molecular weight is 532 g/mol. The molecule has 7 nitrogen and oxygen atoms in total. The number of hydrazone groups is 2. The number of amidine groups is 2. The van der Waals surface area contributed by atoms with Crippen LogP contribution in [0.15, 0.2) is 61.2 Å². The van der Waals surface area contributed by atoms with Crippen molar-refractivity contribution in [1.82, 2.24) is 10.9 Å². The van der Waals surface area contributed by atoms with Gasteiger partial charge in [0.2, 0.25) is 0 Å². The number of alkyl halides is 3. The molecular weight excluding hydrogens is 513 g/mol. The zero-order valence-corrected chi connectivity index (χ0v) is 19.7. The van der Waals surface area contributed by atoms with Crippen LogP contribution in [0.2, 0.25) is 0 Å². The number of rotatable bonds is 6. The fourth-order valence-corrected chi connectivity index (χ4v) is 2.63. The Bertz CT molecular complexity index is 1030. The van der Waals surface area contributed by atoms with Crippen molar-refractivity contribution >= 4 is 47.0 Å². The molecule has 0 saturated heterocycles. The third-order valence-corrected chi connectivity index (χ3v) is 4.30. The molecular formula is C19H19CuF3N6OS2. The predicted molar refractivity (Wildman–Crippen MR) is 121 cm³/mol. The second-order valence-corrected chi connectivity index (χ2v) is 6.70. The molecule has 2 N–H and O–H groups in total.